The van der Waals surface area contributed by atoms with Crippen LogP contribution in [0.4, 0.5) is 34.1 Å². The van der Waals surface area contributed by atoms with Gasteiger partial charge in [-0.15, -0.1) is 0 Å². The fourth-order valence-electron chi connectivity index (χ4n) is 16.1. The molecule has 2 heterocycles. The van der Waals surface area contributed by atoms with Crippen LogP contribution >= 0.6 is 0 Å². The summed E-state index contributed by atoms with van der Waals surface area (Å²) in [4.78, 5) is 4.75. The lowest BCUT2D eigenvalue weighted by molar-refractivity contribution is 0.660. The van der Waals surface area contributed by atoms with Crippen molar-refractivity contribution in [3.05, 3.63) is 399 Å². The van der Waals surface area contributed by atoms with Gasteiger partial charge in [-0.3, -0.25) is 0 Å². The van der Waals surface area contributed by atoms with Gasteiger partial charge >= 0.3 is 0 Å². The van der Waals surface area contributed by atoms with Gasteiger partial charge < -0.3 is 18.9 Å². The lowest BCUT2D eigenvalue weighted by Crippen LogP contribution is -2.16. The van der Waals surface area contributed by atoms with E-state index in [1.165, 1.54) is 72.0 Å². The molecule has 0 spiro atoms. The highest BCUT2D eigenvalue weighted by atomic mass is 15.1. The third-order valence-electron chi connectivity index (χ3n) is 21.3. The maximum Gasteiger partial charge on any atom is 0.0547 e. The summed E-state index contributed by atoms with van der Waals surface area (Å²) in [6, 6.07) is 133. The predicted octanol–water partition coefficient (Wildman–Crippen LogP) is 27.7. The average Bonchev–Trinajstić information content (AvgIpc) is 1.59. The molecule has 4 heteroatoms. The maximum atomic E-state index is 4.45. The van der Waals surface area contributed by atoms with E-state index in [9.17, 15) is 0 Å². The first-order valence-corrected chi connectivity index (χ1v) is 35.9. The van der Waals surface area contributed by atoms with Crippen molar-refractivity contribution in [2.75, 3.05) is 9.80 Å². The van der Waals surface area contributed by atoms with E-state index in [1.807, 2.05) is 6.08 Å². The van der Waals surface area contributed by atoms with Crippen molar-refractivity contribution >= 4 is 79.0 Å². The molecular formula is C100H74N4. The molecule has 17 aromatic rings. The Bertz CT molecular complexity index is 6000. The summed E-state index contributed by atoms with van der Waals surface area (Å²) >= 11 is 0. The quantitative estimate of drug-likeness (QED) is 0.0959. The number of rotatable bonds is 16. The van der Waals surface area contributed by atoms with Crippen molar-refractivity contribution in [2.24, 2.45) is 0 Å². The minimum atomic E-state index is -0.138. The molecule has 0 radical (unpaired) electrons. The smallest absolute Gasteiger partial charge is 0.0547 e. The Balaban J connectivity index is 0.654. The van der Waals surface area contributed by atoms with Crippen LogP contribution in [-0.2, 0) is 5.41 Å². The van der Waals surface area contributed by atoms with Crippen molar-refractivity contribution in [1.29, 1.82) is 0 Å². The molecule has 1 aliphatic carbocycles. The molecule has 0 atom stereocenters. The van der Waals surface area contributed by atoms with Crippen LogP contribution in [0.3, 0.4) is 0 Å². The highest BCUT2D eigenvalue weighted by Crippen LogP contribution is 2.51. The summed E-state index contributed by atoms with van der Waals surface area (Å²) in [5.74, 6) is 0. The fraction of sp³-hybridized carbons (Fsp3) is 0.0400. The minimum absolute atomic E-state index is 0.138. The summed E-state index contributed by atoms with van der Waals surface area (Å²) in [6.45, 7) is 11.3. The molecule has 18 rings (SSSR count). The van der Waals surface area contributed by atoms with Gasteiger partial charge in [0.25, 0.3) is 0 Å². The van der Waals surface area contributed by atoms with Crippen molar-refractivity contribution in [2.45, 2.75) is 26.2 Å². The highest BCUT2D eigenvalue weighted by Gasteiger charge is 2.36. The normalized spacial score (nSPS) is 12.3. The number of hydrogen-bond donors (Lipinski definition) is 0. The van der Waals surface area contributed by atoms with Crippen molar-refractivity contribution in [1.82, 2.24) is 9.13 Å². The standard InChI is InChI=1S/C100H74N4/c1-5-22-95-87(6-2)92-66-77(76-47-58-83(59-48-76)102(82-56-41-73(42-57-82)70-27-14-9-15-28-70)86-62-63-90-89-31-16-18-34-93(89)100(3,4)94(90)67-86)49-64-97(92)104(95)85-30-20-29-78(65-85)88-33-21-36-98-99(88)91-32-17-19-35-96(91)103(98)84-60-45-75(46-61-84)74-43-54-81(55-44-74)101(79-50-37-71(38-51-79)68-23-10-7-11-24-68)80-52-39-72(40-53-80)69-25-12-8-13-26-69/h5-67H,2H2,1,3-4H3/b22-5-. The molecule has 104 heavy (non-hydrogen) atoms. The molecule has 494 valence electrons. The van der Waals surface area contributed by atoms with Crippen LogP contribution in [0.25, 0.3) is 134 Å². The molecule has 1 aliphatic rings. The number of hydrogen-bond acceptors (Lipinski definition) is 2. The second-order valence-corrected chi connectivity index (χ2v) is 27.6. The second-order valence-electron chi connectivity index (χ2n) is 27.6. The van der Waals surface area contributed by atoms with E-state index < -0.39 is 0 Å². The molecule has 0 fully saturated rings. The minimum Gasteiger partial charge on any atom is -0.311 e. The van der Waals surface area contributed by atoms with Crippen LogP contribution in [0.5, 0.6) is 0 Å². The number of aromatic nitrogens is 2. The monoisotopic (exact) mass is 1330 g/mol. The molecule has 15 aromatic carbocycles. The van der Waals surface area contributed by atoms with Gasteiger partial charge in [-0.2, -0.15) is 0 Å². The Labute approximate surface area is 608 Å². The SMILES string of the molecule is C=Cc1c(/C=C\C)n(-c2cccc(-c3cccc4c3c3ccccc3n4-c3ccc(-c4ccc(N(c5ccc(-c6ccccc6)cc5)c5ccc(-c6ccccc6)cc5)cc4)cc3)c2)c2ccc(-c3ccc(N(c4ccc(-c5ccccc5)cc4)c4ccc5c(c4)C(C)(C)c4ccccc4-5)cc3)cc12. The van der Waals surface area contributed by atoms with E-state index in [1.54, 1.807) is 0 Å². The van der Waals surface area contributed by atoms with Crippen molar-refractivity contribution < 1.29 is 0 Å². The van der Waals surface area contributed by atoms with Crippen LogP contribution in [0, 0.1) is 0 Å². The Morgan fingerprint density at radius 1 is 0.288 bits per heavy atom. The molecule has 0 unspecified atom stereocenters. The third-order valence-corrected chi connectivity index (χ3v) is 21.3. The van der Waals surface area contributed by atoms with E-state index in [0.717, 1.165) is 107 Å². The van der Waals surface area contributed by atoms with Crippen LogP contribution < -0.4 is 9.80 Å². The zero-order chi connectivity index (χ0) is 69.8. The summed E-state index contributed by atoms with van der Waals surface area (Å²) in [7, 11) is 0. The third kappa shape index (κ3) is 11.1. The van der Waals surface area contributed by atoms with Gasteiger partial charge in [-0.1, -0.05) is 275 Å². The number of benzene rings is 15. The van der Waals surface area contributed by atoms with Crippen LogP contribution in [0.2, 0.25) is 0 Å². The summed E-state index contributed by atoms with van der Waals surface area (Å²) in [5, 5.41) is 3.56. The fourth-order valence-corrected chi connectivity index (χ4v) is 16.1. The van der Waals surface area contributed by atoms with Crippen LogP contribution in [0.15, 0.2) is 377 Å². The number of fused-ring (bicyclic) bond motifs is 7. The molecule has 0 saturated heterocycles. The lowest BCUT2D eigenvalue weighted by Gasteiger charge is -2.28. The van der Waals surface area contributed by atoms with Crippen LogP contribution in [-0.4, -0.2) is 9.13 Å². The van der Waals surface area contributed by atoms with E-state index in [4.69, 9.17) is 0 Å². The molecular weight excluding hydrogens is 1260 g/mol. The van der Waals surface area contributed by atoms with Gasteiger partial charge in [-0.25, -0.2) is 0 Å². The molecule has 0 bridgehead atoms. The zero-order valence-electron chi connectivity index (χ0n) is 58.4. The molecule has 0 N–H and O–H groups in total. The Hall–Kier alpha value is -13.3. The van der Waals surface area contributed by atoms with Gasteiger partial charge in [0, 0.05) is 72.6 Å². The second kappa shape index (κ2) is 26.3. The van der Waals surface area contributed by atoms with Gasteiger partial charge in [0.05, 0.1) is 22.2 Å². The Morgan fingerprint density at radius 2 is 0.692 bits per heavy atom. The topological polar surface area (TPSA) is 16.3 Å². The largest absolute Gasteiger partial charge is 0.311 e. The van der Waals surface area contributed by atoms with Gasteiger partial charge in [0.15, 0.2) is 0 Å². The van der Waals surface area contributed by atoms with E-state index in [0.29, 0.717) is 0 Å². The van der Waals surface area contributed by atoms with Crippen LogP contribution in [0.1, 0.15) is 43.2 Å². The predicted molar refractivity (Wildman–Crippen MR) is 442 cm³/mol. The first-order valence-electron chi connectivity index (χ1n) is 35.9. The highest BCUT2D eigenvalue weighted by molar-refractivity contribution is 6.16. The number of nitrogens with zero attached hydrogens (tertiary/aromatic N) is 4. The zero-order valence-corrected chi connectivity index (χ0v) is 58.4. The van der Waals surface area contributed by atoms with Crippen molar-refractivity contribution in [3.63, 3.8) is 0 Å². The average molecular weight is 1330 g/mol. The maximum absolute atomic E-state index is 4.45. The molecule has 2 aromatic heterocycles. The van der Waals surface area contributed by atoms with Crippen molar-refractivity contribution in [3.8, 4) is 89.3 Å². The van der Waals surface area contributed by atoms with E-state index >= 15 is 0 Å². The van der Waals surface area contributed by atoms with E-state index in [-0.39, 0.29) is 5.41 Å². The van der Waals surface area contributed by atoms with E-state index in [2.05, 4.69) is 422 Å². The lowest BCUT2D eigenvalue weighted by atomic mass is 9.82. The molecule has 4 nitrogen and oxygen atoms in total. The first-order chi connectivity index (χ1) is 51.2. The Morgan fingerprint density at radius 3 is 1.23 bits per heavy atom. The van der Waals surface area contributed by atoms with Gasteiger partial charge in [0.2, 0.25) is 0 Å². The first kappa shape index (κ1) is 62.9. The summed E-state index contributed by atoms with van der Waals surface area (Å²) in [6.07, 6.45) is 6.38. The number of para-hydroxylation sites is 1. The summed E-state index contributed by atoms with van der Waals surface area (Å²) in [5.41, 5.74) is 33.6. The molecule has 0 saturated carbocycles. The number of allylic oxidation sites excluding steroid dienone is 1. The number of anilines is 6. The Kier molecular flexibility index (Phi) is 15.9. The molecule has 0 aliphatic heterocycles. The van der Waals surface area contributed by atoms with Gasteiger partial charge in [-0.05, 0) is 223 Å². The summed E-state index contributed by atoms with van der Waals surface area (Å²) < 4.78 is 4.83. The van der Waals surface area contributed by atoms with Gasteiger partial charge in [0.1, 0.15) is 0 Å². The molecule has 0 amide bonds.